The zero-order chi connectivity index (χ0) is 15.8. The highest BCUT2D eigenvalue weighted by atomic mass is 16.2. The summed E-state index contributed by atoms with van der Waals surface area (Å²) < 4.78 is 0. The van der Waals surface area contributed by atoms with E-state index in [-0.39, 0.29) is 6.42 Å². The number of carbonyl (C=O) groups is 4. The average Bonchev–Trinajstić information content (AvgIpc) is 3.26. The van der Waals surface area contributed by atoms with Gasteiger partial charge in [-0.25, -0.2) is 0 Å². The van der Waals surface area contributed by atoms with Crippen LogP contribution in [0.15, 0.2) is 0 Å². The molecule has 2 aliphatic carbocycles. The lowest BCUT2D eigenvalue weighted by atomic mass is 10.1. The molecule has 1 atom stereocenters. The lowest BCUT2D eigenvalue weighted by Crippen LogP contribution is -2.57. The molecule has 2 fully saturated rings. The van der Waals surface area contributed by atoms with Gasteiger partial charge in [-0.1, -0.05) is 0 Å². The molecule has 21 heavy (non-hydrogen) atoms. The smallest absolute Gasteiger partial charge is 0.243 e. The zero-order valence-corrected chi connectivity index (χ0v) is 11.5. The Morgan fingerprint density at radius 1 is 1.05 bits per heavy atom. The van der Waals surface area contributed by atoms with Gasteiger partial charge < -0.3 is 27.8 Å². The van der Waals surface area contributed by atoms with Crippen molar-refractivity contribution in [2.45, 2.75) is 49.2 Å². The van der Waals surface area contributed by atoms with Crippen LogP contribution in [-0.4, -0.2) is 40.7 Å². The summed E-state index contributed by atoms with van der Waals surface area (Å²) in [7, 11) is 0. The quantitative estimate of drug-likeness (QED) is 0.336. The van der Waals surface area contributed by atoms with Gasteiger partial charge in [0.2, 0.25) is 23.6 Å². The third-order valence-corrected chi connectivity index (χ3v) is 3.85. The minimum absolute atomic E-state index is 0.373. The molecule has 9 heteroatoms. The van der Waals surface area contributed by atoms with Gasteiger partial charge in [0.1, 0.15) is 11.6 Å². The Morgan fingerprint density at radius 3 is 2.00 bits per heavy atom. The van der Waals surface area contributed by atoms with Crippen LogP contribution in [0.25, 0.3) is 0 Å². The van der Waals surface area contributed by atoms with E-state index in [0.29, 0.717) is 25.7 Å². The standard InChI is InChI=1S/C12H19N5O4/c13-7(18)5-6(16-10(21)11(15)1-2-11)8(19)17-12(3-4-12)9(14)20/h6H,1-5,15H2,(H2,13,18)(H2,14,20)(H,16,21)(H,17,19)/t6-/m0/s1. The second-order valence-corrected chi connectivity index (χ2v) is 5.79. The van der Waals surface area contributed by atoms with Gasteiger partial charge in [0.15, 0.2) is 0 Å². The van der Waals surface area contributed by atoms with Crippen molar-refractivity contribution in [2.24, 2.45) is 17.2 Å². The Bertz CT molecular complexity index is 510. The molecule has 9 nitrogen and oxygen atoms in total. The maximum Gasteiger partial charge on any atom is 0.243 e. The Hall–Kier alpha value is -2.16. The summed E-state index contributed by atoms with van der Waals surface area (Å²) in [5.41, 5.74) is 14.0. The molecule has 8 N–H and O–H groups in total. The molecule has 0 aliphatic heterocycles. The van der Waals surface area contributed by atoms with E-state index < -0.39 is 40.7 Å². The fourth-order valence-electron chi connectivity index (χ4n) is 1.96. The van der Waals surface area contributed by atoms with E-state index in [1.165, 1.54) is 0 Å². The molecule has 0 saturated heterocycles. The Kier molecular flexibility index (Phi) is 3.62. The van der Waals surface area contributed by atoms with Crippen molar-refractivity contribution in [3.05, 3.63) is 0 Å². The van der Waals surface area contributed by atoms with Crippen LogP contribution in [0, 0.1) is 0 Å². The second kappa shape index (κ2) is 4.99. The Morgan fingerprint density at radius 2 is 1.62 bits per heavy atom. The number of hydrogen-bond donors (Lipinski definition) is 5. The van der Waals surface area contributed by atoms with E-state index in [0.717, 1.165) is 0 Å². The summed E-state index contributed by atoms with van der Waals surface area (Å²) >= 11 is 0. The number of carbonyl (C=O) groups excluding carboxylic acids is 4. The average molecular weight is 297 g/mol. The van der Waals surface area contributed by atoms with Gasteiger partial charge in [-0.05, 0) is 25.7 Å². The topological polar surface area (TPSA) is 170 Å². The Balaban J connectivity index is 2.01. The van der Waals surface area contributed by atoms with Gasteiger partial charge in [-0.3, -0.25) is 19.2 Å². The van der Waals surface area contributed by atoms with Crippen LogP contribution >= 0.6 is 0 Å². The Labute approximate surface area is 121 Å². The molecule has 0 spiro atoms. The van der Waals surface area contributed by atoms with Crippen molar-refractivity contribution in [1.29, 1.82) is 0 Å². The maximum atomic E-state index is 12.1. The zero-order valence-electron chi connectivity index (χ0n) is 11.5. The van der Waals surface area contributed by atoms with Gasteiger partial charge in [-0.15, -0.1) is 0 Å². The van der Waals surface area contributed by atoms with Gasteiger partial charge >= 0.3 is 0 Å². The minimum Gasteiger partial charge on any atom is -0.370 e. The van der Waals surface area contributed by atoms with Gasteiger partial charge in [0, 0.05) is 0 Å². The minimum atomic E-state index is -1.16. The predicted octanol–water partition coefficient (Wildman–Crippen LogP) is -3.03. The number of nitrogens with one attached hydrogen (secondary N) is 2. The molecule has 0 aromatic rings. The summed E-state index contributed by atoms with van der Waals surface area (Å²) in [5.74, 6) is -2.56. The molecule has 0 unspecified atom stereocenters. The molecule has 4 amide bonds. The summed E-state index contributed by atoms with van der Waals surface area (Å²) in [6.45, 7) is 0. The summed E-state index contributed by atoms with van der Waals surface area (Å²) in [5, 5.41) is 4.88. The third kappa shape index (κ3) is 3.30. The van der Waals surface area contributed by atoms with Crippen LogP contribution in [-0.2, 0) is 19.2 Å². The van der Waals surface area contributed by atoms with Gasteiger partial charge in [0.25, 0.3) is 0 Å². The number of rotatable bonds is 7. The van der Waals surface area contributed by atoms with Crippen LogP contribution in [0.2, 0.25) is 0 Å². The van der Waals surface area contributed by atoms with E-state index in [9.17, 15) is 19.2 Å². The van der Waals surface area contributed by atoms with E-state index in [4.69, 9.17) is 17.2 Å². The lowest BCUT2D eigenvalue weighted by Gasteiger charge is -2.22. The predicted molar refractivity (Wildman–Crippen MR) is 71.2 cm³/mol. The van der Waals surface area contributed by atoms with Crippen LogP contribution in [0.4, 0.5) is 0 Å². The van der Waals surface area contributed by atoms with Crippen LogP contribution in [0.3, 0.4) is 0 Å². The fraction of sp³-hybridized carbons (Fsp3) is 0.667. The monoisotopic (exact) mass is 297 g/mol. The van der Waals surface area contributed by atoms with E-state index in [1.807, 2.05) is 0 Å². The third-order valence-electron chi connectivity index (χ3n) is 3.85. The van der Waals surface area contributed by atoms with E-state index >= 15 is 0 Å². The summed E-state index contributed by atoms with van der Waals surface area (Å²) in [6.07, 6.45) is 1.55. The van der Waals surface area contributed by atoms with Crippen molar-refractivity contribution < 1.29 is 19.2 Å². The molecule has 0 heterocycles. The normalized spacial score (nSPS) is 21.8. The van der Waals surface area contributed by atoms with Crippen LogP contribution in [0.5, 0.6) is 0 Å². The van der Waals surface area contributed by atoms with E-state index in [1.54, 1.807) is 0 Å². The number of primary amides is 2. The highest BCUT2D eigenvalue weighted by molar-refractivity contribution is 5.99. The molecule has 116 valence electrons. The first-order chi connectivity index (χ1) is 9.68. The molecule has 0 radical (unpaired) electrons. The first kappa shape index (κ1) is 15.2. The number of nitrogens with two attached hydrogens (primary N) is 3. The molecular formula is C12H19N5O4. The van der Waals surface area contributed by atoms with Crippen molar-refractivity contribution >= 4 is 23.6 Å². The first-order valence-electron chi connectivity index (χ1n) is 6.69. The second-order valence-electron chi connectivity index (χ2n) is 5.79. The SMILES string of the molecule is NC(=O)C[C@H](NC(=O)C1(N)CC1)C(=O)NC1(C(N)=O)CC1. The number of hydrogen-bond acceptors (Lipinski definition) is 5. The van der Waals surface area contributed by atoms with Crippen molar-refractivity contribution in [2.75, 3.05) is 0 Å². The van der Waals surface area contributed by atoms with E-state index in [2.05, 4.69) is 10.6 Å². The molecule has 2 aliphatic rings. The van der Waals surface area contributed by atoms with Crippen LogP contribution < -0.4 is 27.8 Å². The highest BCUT2D eigenvalue weighted by Gasteiger charge is 2.51. The summed E-state index contributed by atoms with van der Waals surface area (Å²) in [6, 6.07) is -1.16. The highest BCUT2D eigenvalue weighted by Crippen LogP contribution is 2.35. The molecule has 2 saturated carbocycles. The van der Waals surface area contributed by atoms with Crippen molar-refractivity contribution in [3.63, 3.8) is 0 Å². The lowest BCUT2D eigenvalue weighted by molar-refractivity contribution is -0.134. The first-order valence-corrected chi connectivity index (χ1v) is 6.69. The fourth-order valence-corrected chi connectivity index (χ4v) is 1.96. The molecule has 0 aromatic carbocycles. The summed E-state index contributed by atoms with van der Waals surface area (Å²) in [4.78, 5) is 46.3. The molecular weight excluding hydrogens is 278 g/mol. The van der Waals surface area contributed by atoms with Crippen molar-refractivity contribution in [1.82, 2.24) is 10.6 Å². The largest absolute Gasteiger partial charge is 0.370 e. The number of amides is 4. The maximum absolute atomic E-state index is 12.1. The van der Waals surface area contributed by atoms with Crippen molar-refractivity contribution in [3.8, 4) is 0 Å². The molecule has 0 bridgehead atoms. The van der Waals surface area contributed by atoms with Crippen LogP contribution in [0.1, 0.15) is 32.1 Å². The molecule has 0 aromatic heterocycles. The van der Waals surface area contributed by atoms with Gasteiger partial charge in [0.05, 0.1) is 12.0 Å². The van der Waals surface area contributed by atoms with Gasteiger partial charge in [-0.2, -0.15) is 0 Å². The molecule has 2 rings (SSSR count).